The summed E-state index contributed by atoms with van der Waals surface area (Å²) in [5.41, 5.74) is 6.75. The van der Waals surface area contributed by atoms with Crippen LogP contribution in [0.2, 0.25) is 5.02 Å². The average molecular weight is 271 g/mol. The molecule has 1 aromatic carbocycles. The van der Waals surface area contributed by atoms with E-state index in [0.717, 1.165) is 25.9 Å². The van der Waals surface area contributed by atoms with E-state index in [1.54, 1.807) is 18.2 Å². The van der Waals surface area contributed by atoms with Gasteiger partial charge in [0.2, 0.25) is 0 Å². The van der Waals surface area contributed by atoms with Crippen molar-refractivity contribution in [1.82, 2.24) is 4.90 Å². The third kappa shape index (κ3) is 3.02. The second-order valence-electron chi connectivity index (χ2n) is 5.07. The summed E-state index contributed by atoms with van der Waals surface area (Å²) < 4.78 is 13.8. The minimum atomic E-state index is -0.290. The third-order valence-corrected chi connectivity index (χ3v) is 4.12. The Morgan fingerprint density at radius 2 is 2.28 bits per heavy atom. The maximum Gasteiger partial charge on any atom is 0.146 e. The summed E-state index contributed by atoms with van der Waals surface area (Å²) in [6.07, 6.45) is 2.07. The highest BCUT2D eigenvalue weighted by atomic mass is 35.5. The molecule has 2 atom stereocenters. The van der Waals surface area contributed by atoms with E-state index in [-0.39, 0.29) is 16.9 Å². The van der Waals surface area contributed by atoms with E-state index < -0.39 is 0 Å². The normalized spacial score (nSPS) is 25.3. The maximum absolute atomic E-state index is 13.8. The molecular weight excluding hydrogens is 251 g/mol. The van der Waals surface area contributed by atoms with Crippen molar-refractivity contribution in [2.75, 3.05) is 13.1 Å². The number of likely N-dealkylation sites (tertiary alicyclic amines) is 1. The van der Waals surface area contributed by atoms with Crippen LogP contribution in [-0.4, -0.2) is 24.0 Å². The monoisotopic (exact) mass is 270 g/mol. The summed E-state index contributed by atoms with van der Waals surface area (Å²) in [7, 11) is 0. The zero-order valence-corrected chi connectivity index (χ0v) is 11.5. The molecule has 1 aliphatic rings. The predicted molar refractivity (Wildman–Crippen MR) is 73.1 cm³/mol. The number of benzene rings is 1. The second kappa shape index (κ2) is 6.00. The number of hydrogen-bond acceptors (Lipinski definition) is 2. The van der Waals surface area contributed by atoms with Crippen LogP contribution in [0.25, 0.3) is 0 Å². The van der Waals surface area contributed by atoms with Crippen molar-refractivity contribution in [2.45, 2.75) is 32.4 Å². The second-order valence-corrected chi connectivity index (χ2v) is 5.48. The molecule has 0 amide bonds. The number of hydrogen-bond donors (Lipinski definition) is 1. The number of piperidine rings is 1. The summed E-state index contributed by atoms with van der Waals surface area (Å²) in [6.45, 7) is 4.66. The van der Waals surface area contributed by atoms with Crippen LogP contribution in [0.4, 0.5) is 4.39 Å². The van der Waals surface area contributed by atoms with Gasteiger partial charge in [0.1, 0.15) is 5.82 Å². The van der Waals surface area contributed by atoms with Gasteiger partial charge < -0.3 is 5.73 Å². The molecule has 4 heteroatoms. The van der Waals surface area contributed by atoms with Crippen LogP contribution in [0.5, 0.6) is 0 Å². The van der Waals surface area contributed by atoms with Gasteiger partial charge in [0.25, 0.3) is 0 Å². The van der Waals surface area contributed by atoms with E-state index in [1.807, 2.05) is 0 Å². The molecule has 0 bridgehead atoms. The molecule has 0 saturated carbocycles. The number of halogens is 2. The minimum absolute atomic E-state index is 0.202. The molecule has 1 aliphatic heterocycles. The number of rotatable bonds is 3. The van der Waals surface area contributed by atoms with Gasteiger partial charge in [-0.25, -0.2) is 4.39 Å². The van der Waals surface area contributed by atoms with Gasteiger partial charge >= 0.3 is 0 Å². The summed E-state index contributed by atoms with van der Waals surface area (Å²) in [6, 6.07) is 5.47. The quantitative estimate of drug-likeness (QED) is 0.915. The summed E-state index contributed by atoms with van der Waals surface area (Å²) in [4.78, 5) is 2.27. The third-order valence-electron chi connectivity index (χ3n) is 3.83. The fourth-order valence-electron chi connectivity index (χ4n) is 2.61. The highest BCUT2D eigenvalue weighted by molar-refractivity contribution is 6.30. The van der Waals surface area contributed by atoms with Crippen LogP contribution < -0.4 is 5.73 Å². The lowest BCUT2D eigenvalue weighted by Crippen LogP contribution is -2.46. The van der Waals surface area contributed by atoms with Crippen LogP contribution in [-0.2, 0) is 6.54 Å². The van der Waals surface area contributed by atoms with Crippen LogP contribution >= 0.6 is 11.6 Å². The Bertz CT molecular complexity index is 411. The van der Waals surface area contributed by atoms with Gasteiger partial charge in [0.05, 0.1) is 5.02 Å². The molecule has 2 N–H and O–H groups in total. The van der Waals surface area contributed by atoms with Gasteiger partial charge in [0, 0.05) is 24.7 Å². The summed E-state index contributed by atoms with van der Waals surface area (Å²) in [5, 5.41) is 0.202. The van der Waals surface area contributed by atoms with Crippen LogP contribution in [0, 0.1) is 11.7 Å². The number of nitrogens with zero attached hydrogens (tertiary/aromatic N) is 1. The van der Waals surface area contributed by atoms with Crippen molar-refractivity contribution in [2.24, 2.45) is 11.7 Å². The molecule has 1 saturated heterocycles. The van der Waals surface area contributed by atoms with Crippen molar-refractivity contribution >= 4 is 11.6 Å². The first-order valence-corrected chi connectivity index (χ1v) is 6.90. The van der Waals surface area contributed by atoms with Crippen LogP contribution in [0.15, 0.2) is 18.2 Å². The zero-order valence-electron chi connectivity index (χ0n) is 10.7. The van der Waals surface area contributed by atoms with Crippen LogP contribution in [0.1, 0.15) is 25.3 Å². The molecular formula is C14H20ClFN2. The first-order valence-electron chi connectivity index (χ1n) is 6.52. The highest BCUT2D eigenvalue weighted by Gasteiger charge is 2.25. The van der Waals surface area contributed by atoms with Crippen molar-refractivity contribution < 1.29 is 4.39 Å². The van der Waals surface area contributed by atoms with Gasteiger partial charge in [0.15, 0.2) is 0 Å². The molecule has 1 fully saturated rings. The van der Waals surface area contributed by atoms with Crippen molar-refractivity contribution in [3.8, 4) is 0 Å². The molecule has 1 heterocycles. The standard InChI is InChI=1S/C14H20ClFN2/c1-2-10-8-18(7-6-13(10)17)9-11-4-3-5-12(15)14(11)16/h3-5,10,13H,2,6-9,17H2,1H3. The molecule has 0 aromatic heterocycles. The van der Waals surface area contributed by atoms with E-state index in [4.69, 9.17) is 17.3 Å². The van der Waals surface area contributed by atoms with Gasteiger partial charge in [-0.3, -0.25) is 4.90 Å². The highest BCUT2D eigenvalue weighted by Crippen LogP contribution is 2.23. The largest absolute Gasteiger partial charge is 0.327 e. The lowest BCUT2D eigenvalue weighted by Gasteiger charge is -2.36. The van der Waals surface area contributed by atoms with Gasteiger partial charge in [-0.05, 0) is 24.9 Å². The van der Waals surface area contributed by atoms with Gasteiger partial charge in [-0.2, -0.15) is 0 Å². The van der Waals surface area contributed by atoms with E-state index >= 15 is 0 Å². The van der Waals surface area contributed by atoms with E-state index in [1.165, 1.54) is 0 Å². The fraction of sp³-hybridized carbons (Fsp3) is 0.571. The lowest BCUT2D eigenvalue weighted by atomic mass is 9.90. The number of nitrogens with two attached hydrogens (primary N) is 1. The Balaban J connectivity index is 2.03. The molecule has 2 rings (SSSR count). The molecule has 18 heavy (non-hydrogen) atoms. The lowest BCUT2D eigenvalue weighted by molar-refractivity contribution is 0.144. The smallest absolute Gasteiger partial charge is 0.146 e. The predicted octanol–water partition coefficient (Wildman–Crippen LogP) is 3.04. The SMILES string of the molecule is CCC1CN(Cc2cccc(Cl)c2F)CCC1N. The van der Waals surface area contributed by atoms with Crippen molar-refractivity contribution in [3.05, 3.63) is 34.6 Å². The summed E-state index contributed by atoms with van der Waals surface area (Å²) >= 11 is 5.80. The molecule has 0 spiro atoms. The first-order chi connectivity index (χ1) is 8.61. The van der Waals surface area contributed by atoms with E-state index in [2.05, 4.69) is 11.8 Å². The summed E-state index contributed by atoms with van der Waals surface area (Å²) in [5.74, 6) is 0.225. The Labute approximate surface area is 113 Å². The van der Waals surface area contributed by atoms with Crippen molar-refractivity contribution in [3.63, 3.8) is 0 Å². The van der Waals surface area contributed by atoms with Gasteiger partial charge in [-0.15, -0.1) is 0 Å². The van der Waals surface area contributed by atoms with Crippen LogP contribution in [0.3, 0.4) is 0 Å². The van der Waals surface area contributed by atoms with Crippen molar-refractivity contribution in [1.29, 1.82) is 0 Å². The molecule has 100 valence electrons. The Kier molecular flexibility index (Phi) is 4.60. The topological polar surface area (TPSA) is 29.3 Å². The average Bonchev–Trinajstić information content (AvgIpc) is 2.37. The minimum Gasteiger partial charge on any atom is -0.327 e. The van der Waals surface area contributed by atoms with E-state index in [0.29, 0.717) is 18.0 Å². The molecule has 0 radical (unpaired) electrons. The molecule has 1 aromatic rings. The fourth-order valence-corrected chi connectivity index (χ4v) is 2.81. The molecule has 0 aliphatic carbocycles. The van der Waals surface area contributed by atoms with E-state index in [9.17, 15) is 4.39 Å². The Morgan fingerprint density at radius 3 is 3.00 bits per heavy atom. The zero-order chi connectivity index (χ0) is 13.1. The first kappa shape index (κ1) is 13.8. The Morgan fingerprint density at radius 1 is 1.50 bits per heavy atom. The molecule has 2 nitrogen and oxygen atoms in total. The maximum atomic E-state index is 13.8. The van der Waals surface area contributed by atoms with Gasteiger partial charge in [-0.1, -0.05) is 37.1 Å². The Hall–Kier alpha value is -0.640. The molecule has 2 unspecified atom stereocenters.